The van der Waals surface area contributed by atoms with E-state index in [0.29, 0.717) is 0 Å². The fourth-order valence-corrected chi connectivity index (χ4v) is 4.00. The van der Waals surface area contributed by atoms with Crippen molar-refractivity contribution in [2.75, 3.05) is 4.90 Å². The van der Waals surface area contributed by atoms with Crippen LogP contribution in [0.15, 0.2) is 103 Å². The molecule has 3 nitrogen and oxygen atoms in total. The molecule has 0 radical (unpaired) electrons. The van der Waals surface area contributed by atoms with Gasteiger partial charge >= 0.3 is 5.97 Å². The van der Waals surface area contributed by atoms with Gasteiger partial charge < -0.3 is 10.0 Å². The molecule has 0 fully saturated rings. The lowest BCUT2D eigenvalue weighted by Crippen LogP contribution is -2.09. The van der Waals surface area contributed by atoms with Gasteiger partial charge in [-0.05, 0) is 78.1 Å². The van der Waals surface area contributed by atoms with Gasteiger partial charge in [0.1, 0.15) is 0 Å². The molecule has 0 amide bonds. The van der Waals surface area contributed by atoms with Crippen molar-refractivity contribution < 1.29 is 9.90 Å². The Labute approximate surface area is 201 Å². The molecule has 0 spiro atoms. The van der Waals surface area contributed by atoms with Gasteiger partial charge in [-0.25, -0.2) is 4.79 Å². The van der Waals surface area contributed by atoms with Crippen molar-refractivity contribution >= 4 is 29.1 Å². The lowest BCUT2D eigenvalue weighted by molar-refractivity contribution is -0.131. The van der Waals surface area contributed by atoms with E-state index in [0.717, 1.165) is 41.5 Å². The van der Waals surface area contributed by atoms with Gasteiger partial charge in [0.05, 0.1) is 0 Å². The van der Waals surface area contributed by atoms with Crippen LogP contribution in [0.25, 0.3) is 17.2 Å². The van der Waals surface area contributed by atoms with Gasteiger partial charge in [0.25, 0.3) is 0 Å². The van der Waals surface area contributed by atoms with E-state index < -0.39 is 5.97 Å². The third-order valence-corrected chi connectivity index (χ3v) is 5.81. The second-order valence-corrected chi connectivity index (χ2v) is 8.43. The summed E-state index contributed by atoms with van der Waals surface area (Å²) in [6.45, 7) is 4.28. The third-order valence-electron chi connectivity index (χ3n) is 5.81. The van der Waals surface area contributed by atoms with Crippen molar-refractivity contribution in [3.63, 3.8) is 0 Å². The summed E-state index contributed by atoms with van der Waals surface area (Å²) in [6, 6.07) is 33.8. The number of carboxylic acid groups (broad SMARTS) is 1. The Balaban J connectivity index is 1.66. The molecule has 0 aromatic heterocycles. The predicted octanol–water partition coefficient (Wildman–Crippen LogP) is 8.18. The van der Waals surface area contributed by atoms with Crippen molar-refractivity contribution in [2.24, 2.45) is 0 Å². The molecule has 0 heterocycles. The molecule has 0 aliphatic carbocycles. The Morgan fingerprint density at radius 3 is 1.71 bits per heavy atom. The summed E-state index contributed by atoms with van der Waals surface area (Å²) in [4.78, 5) is 13.0. The van der Waals surface area contributed by atoms with Crippen LogP contribution in [0.1, 0.15) is 30.0 Å². The molecule has 34 heavy (non-hydrogen) atoms. The zero-order valence-corrected chi connectivity index (χ0v) is 19.6. The topological polar surface area (TPSA) is 40.5 Å². The number of aliphatic carboxylic acids is 1. The van der Waals surface area contributed by atoms with Crippen molar-refractivity contribution in [1.82, 2.24) is 0 Å². The molecule has 4 aromatic rings. The van der Waals surface area contributed by atoms with Gasteiger partial charge in [-0.3, -0.25) is 0 Å². The van der Waals surface area contributed by atoms with Crippen LogP contribution in [0.5, 0.6) is 0 Å². The fraction of sp³-hybridized carbons (Fsp3) is 0.129. The molecule has 0 saturated heterocycles. The summed E-state index contributed by atoms with van der Waals surface area (Å²) in [5.41, 5.74) is 8.95. The van der Waals surface area contributed by atoms with Crippen LogP contribution in [0.2, 0.25) is 0 Å². The van der Waals surface area contributed by atoms with Crippen LogP contribution >= 0.6 is 0 Å². The first-order valence-corrected chi connectivity index (χ1v) is 11.6. The number of carboxylic acids is 1. The molecular formula is C31H29NO2. The van der Waals surface area contributed by atoms with Crippen LogP contribution in [0.3, 0.4) is 0 Å². The van der Waals surface area contributed by atoms with E-state index in [1.807, 2.05) is 24.3 Å². The molecule has 4 aromatic carbocycles. The number of aryl methyl sites for hydroxylation is 2. The largest absolute Gasteiger partial charge is 0.478 e. The van der Waals surface area contributed by atoms with Crippen molar-refractivity contribution in [3.8, 4) is 11.1 Å². The Bertz CT molecular complexity index is 1250. The second kappa shape index (κ2) is 10.7. The molecule has 3 heteroatoms. The maximum atomic E-state index is 10.8. The zero-order valence-electron chi connectivity index (χ0n) is 19.6. The predicted molar refractivity (Wildman–Crippen MR) is 142 cm³/mol. The normalized spacial score (nSPS) is 11.0. The summed E-state index contributed by atoms with van der Waals surface area (Å²) in [5, 5.41) is 8.88. The summed E-state index contributed by atoms with van der Waals surface area (Å²) in [5.74, 6) is -0.953. The first-order chi connectivity index (χ1) is 16.5. The number of anilines is 3. The van der Waals surface area contributed by atoms with Crippen LogP contribution in [0, 0.1) is 6.92 Å². The van der Waals surface area contributed by atoms with E-state index in [1.165, 1.54) is 22.3 Å². The lowest BCUT2D eigenvalue weighted by atomic mass is 10.0. The quantitative estimate of drug-likeness (QED) is 0.277. The average Bonchev–Trinajstić information content (AvgIpc) is 2.86. The summed E-state index contributed by atoms with van der Waals surface area (Å²) in [6.07, 6.45) is 5.01. The Morgan fingerprint density at radius 2 is 1.21 bits per heavy atom. The summed E-state index contributed by atoms with van der Waals surface area (Å²) >= 11 is 0. The van der Waals surface area contributed by atoms with Gasteiger partial charge in [-0.15, -0.1) is 0 Å². The average molecular weight is 448 g/mol. The van der Waals surface area contributed by atoms with Gasteiger partial charge in [0.15, 0.2) is 0 Å². The highest BCUT2D eigenvalue weighted by atomic mass is 16.4. The van der Waals surface area contributed by atoms with Gasteiger partial charge in [0, 0.05) is 23.1 Å². The van der Waals surface area contributed by atoms with Crippen molar-refractivity contribution in [2.45, 2.75) is 26.7 Å². The van der Waals surface area contributed by atoms with Crippen LogP contribution in [-0.2, 0) is 11.2 Å². The number of carbonyl (C=O) groups is 1. The molecule has 0 aliphatic heterocycles. The minimum Gasteiger partial charge on any atom is -0.478 e. The first-order valence-electron chi connectivity index (χ1n) is 11.6. The molecule has 1 N–H and O–H groups in total. The highest BCUT2D eigenvalue weighted by Gasteiger charge is 2.12. The first kappa shape index (κ1) is 23.1. The molecule has 170 valence electrons. The highest BCUT2D eigenvalue weighted by Crippen LogP contribution is 2.36. The Morgan fingerprint density at radius 1 is 0.735 bits per heavy atom. The zero-order chi connectivity index (χ0) is 23.9. The van der Waals surface area contributed by atoms with Crippen molar-refractivity contribution in [3.05, 3.63) is 120 Å². The number of hydrogen-bond acceptors (Lipinski definition) is 2. The smallest absolute Gasteiger partial charge is 0.328 e. The monoisotopic (exact) mass is 447 g/mol. The van der Waals surface area contributed by atoms with E-state index in [9.17, 15) is 4.79 Å². The summed E-state index contributed by atoms with van der Waals surface area (Å²) in [7, 11) is 0. The lowest BCUT2D eigenvalue weighted by Gasteiger charge is -2.26. The summed E-state index contributed by atoms with van der Waals surface area (Å²) < 4.78 is 0. The van der Waals surface area contributed by atoms with Crippen LogP contribution < -0.4 is 4.90 Å². The fourth-order valence-electron chi connectivity index (χ4n) is 4.00. The van der Waals surface area contributed by atoms with E-state index in [2.05, 4.69) is 91.5 Å². The maximum absolute atomic E-state index is 10.8. The molecule has 4 rings (SSSR count). The SMILES string of the molecule is CCCc1ccc(-c2ccc(N(c3ccc(C)cc3)c3ccc(C=CC(=O)O)cc3)cc2)cc1. The molecule has 0 saturated carbocycles. The van der Waals surface area contributed by atoms with E-state index in [4.69, 9.17) is 5.11 Å². The van der Waals surface area contributed by atoms with E-state index in [-0.39, 0.29) is 0 Å². The highest BCUT2D eigenvalue weighted by molar-refractivity contribution is 5.85. The minimum atomic E-state index is -0.953. The number of nitrogens with zero attached hydrogens (tertiary/aromatic N) is 1. The third kappa shape index (κ3) is 5.62. The minimum absolute atomic E-state index is 0.844. The van der Waals surface area contributed by atoms with Gasteiger partial charge in [-0.1, -0.05) is 79.6 Å². The molecule has 0 bridgehead atoms. The Hall–Kier alpha value is -4.11. The van der Waals surface area contributed by atoms with E-state index in [1.54, 1.807) is 6.08 Å². The number of hydrogen-bond donors (Lipinski definition) is 1. The number of rotatable bonds is 8. The molecule has 0 aliphatic rings. The molecular weight excluding hydrogens is 418 g/mol. The molecule has 0 unspecified atom stereocenters. The van der Waals surface area contributed by atoms with Gasteiger partial charge in [0.2, 0.25) is 0 Å². The van der Waals surface area contributed by atoms with Crippen LogP contribution in [-0.4, -0.2) is 11.1 Å². The van der Waals surface area contributed by atoms with Crippen molar-refractivity contribution in [1.29, 1.82) is 0 Å². The van der Waals surface area contributed by atoms with Gasteiger partial charge in [-0.2, -0.15) is 0 Å². The number of benzene rings is 4. The van der Waals surface area contributed by atoms with Crippen LogP contribution in [0.4, 0.5) is 17.1 Å². The Kier molecular flexibility index (Phi) is 7.24. The molecule has 0 atom stereocenters. The standard InChI is InChI=1S/C31H29NO2/c1-3-4-24-7-12-26(13-8-24)27-14-20-30(21-15-27)32(28-16-5-23(2)6-17-28)29-18-9-25(10-19-29)11-22-31(33)34/h5-22H,3-4H2,1-2H3,(H,33,34). The maximum Gasteiger partial charge on any atom is 0.328 e. The van der Waals surface area contributed by atoms with E-state index >= 15 is 0 Å². The second-order valence-electron chi connectivity index (χ2n) is 8.43.